The molecule has 154 valence electrons. The third kappa shape index (κ3) is 3.08. The van der Waals surface area contributed by atoms with Gasteiger partial charge in [0.05, 0.1) is 11.8 Å². The minimum atomic E-state index is 0.102. The summed E-state index contributed by atoms with van der Waals surface area (Å²) in [6.07, 6.45) is 0.796. The van der Waals surface area contributed by atoms with Gasteiger partial charge >= 0.3 is 0 Å². The molecule has 0 unspecified atom stereocenters. The number of hydrogen-bond donors (Lipinski definition) is 1. The second kappa shape index (κ2) is 6.98. The largest absolute Gasteiger partial charge is 0.454 e. The van der Waals surface area contributed by atoms with E-state index in [0.717, 1.165) is 61.7 Å². The van der Waals surface area contributed by atoms with Gasteiger partial charge in [-0.05, 0) is 75.1 Å². The molecule has 30 heavy (non-hydrogen) atoms. The molecule has 0 bridgehead atoms. The number of nitrogens with zero attached hydrogens (tertiary/aromatic N) is 4. The van der Waals surface area contributed by atoms with Crippen LogP contribution in [0.15, 0.2) is 29.4 Å². The molecule has 7 nitrogen and oxygen atoms in total. The van der Waals surface area contributed by atoms with Crippen LogP contribution < -0.4 is 20.2 Å². The highest BCUT2D eigenvalue weighted by molar-refractivity contribution is 7.15. The van der Waals surface area contributed by atoms with E-state index in [9.17, 15) is 0 Å². The van der Waals surface area contributed by atoms with Crippen molar-refractivity contribution >= 4 is 27.9 Å². The van der Waals surface area contributed by atoms with Crippen molar-refractivity contribution in [3.05, 3.63) is 57.1 Å². The number of nitrogens with two attached hydrogens (primary N) is 1. The number of rotatable bonds is 2. The molecule has 2 aliphatic rings. The monoisotopic (exact) mass is 421 g/mol. The van der Waals surface area contributed by atoms with Crippen LogP contribution in [0, 0.1) is 20.8 Å². The number of fused-ring (bicyclic) bond motifs is 2. The quantitative estimate of drug-likeness (QED) is 0.630. The maximum absolute atomic E-state index is 6.22. The molecule has 0 amide bonds. The van der Waals surface area contributed by atoms with E-state index in [1.165, 1.54) is 5.56 Å². The second-order valence-corrected chi connectivity index (χ2v) is 9.00. The number of nitrogen functional groups attached to an aromatic ring is 1. The van der Waals surface area contributed by atoms with Gasteiger partial charge in [-0.1, -0.05) is 11.3 Å². The summed E-state index contributed by atoms with van der Waals surface area (Å²) < 4.78 is 11.3. The highest BCUT2D eigenvalue weighted by Crippen LogP contribution is 2.39. The summed E-state index contributed by atoms with van der Waals surface area (Å²) in [6.45, 7) is 8.40. The Kier molecular flexibility index (Phi) is 4.39. The smallest absolute Gasteiger partial charge is 0.231 e. The third-order valence-corrected chi connectivity index (χ3v) is 6.40. The fourth-order valence-corrected chi connectivity index (χ4v) is 4.71. The Balaban J connectivity index is 1.74. The van der Waals surface area contributed by atoms with E-state index in [4.69, 9.17) is 20.3 Å². The van der Waals surface area contributed by atoms with Crippen molar-refractivity contribution in [2.24, 2.45) is 5.10 Å². The summed E-state index contributed by atoms with van der Waals surface area (Å²) in [5.41, 5.74) is 13.2. The van der Waals surface area contributed by atoms with Crippen LogP contribution in [0.2, 0.25) is 0 Å². The molecule has 2 N–H and O–H groups in total. The van der Waals surface area contributed by atoms with E-state index < -0.39 is 0 Å². The number of benzene rings is 2. The molecule has 1 atom stereocenters. The topological polar surface area (TPSA) is 85.9 Å². The number of ether oxygens (including phenoxy) is 2. The predicted molar refractivity (Wildman–Crippen MR) is 119 cm³/mol. The molecule has 3 heterocycles. The van der Waals surface area contributed by atoms with Crippen molar-refractivity contribution in [2.75, 3.05) is 17.5 Å². The Bertz CT molecular complexity index is 1160. The van der Waals surface area contributed by atoms with E-state index in [1.54, 1.807) is 11.3 Å². The summed E-state index contributed by atoms with van der Waals surface area (Å²) in [6, 6.07) is 8.41. The van der Waals surface area contributed by atoms with Gasteiger partial charge < -0.3 is 15.2 Å². The SMILES string of the molecule is Cc1nnc(N2N=C(c3cc(C)c(N)c(C)c3)c3cc4c(cc3C[C@H]2C)OCO4)s1. The van der Waals surface area contributed by atoms with Gasteiger partial charge in [0, 0.05) is 16.8 Å². The molecule has 8 heteroatoms. The minimum Gasteiger partial charge on any atom is -0.454 e. The van der Waals surface area contributed by atoms with Crippen LogP contribution in [-0.4, -0.2) is 28.7 Å². The summed E-state index contributed by atoms with van der Waals surface area (Å²) >= 11 is 1.54. The summed E-state index contributed by atoms with van der Waals surface area (Å²) in [7, 11) is 0. The number of hydrogen-bond acceptors (Lipinski definition) is 8. The maximum atomic E-state index is 6.22. The highest BCUT2D eigenvalue weighted by atomic mass is 32.1. The zero-order valence-corrected chi connectivity index (χ0v) is 18.2. The Morgan fingerprint density at radius 3 is 2.40 bits per heavy atom. The predicted octanol–water partition coefficient (Wildman–Crippen LogP) is 3.98. The second-order valence-electron chi connectivity index (χ2n) is 7.84. The van der Waals surface area contributed by atoms with Gasteiger partial charge in [-0.15, -0.1) is 10.2 Å². The molecule has 1 aromatic heterocycles. The number of aryl methyl sites for hydroxylation is 3. The van der Waals surface area contributed by atoms with Crippen molar-refractivity contribution in [1.82, 2.24) is 10.2 Å². The normalized spacial score (nSPS) is 17.5. The molecular formula is C22H23N5O2S. The maximum Gasteiger partial charge on any atom is 0.231 e. The van der Waals surface area contributed by atoms with Gasteiger partial charge in [0.15, 0.2) is 11.5 Å². The fraction of sp³-hybridized carbons (Fsp3) is 0.318. The average molecular weight is 422 g/mol. The lowest BCUT2D eigenvalue weighted by Gasteiger charge is -2.22. The molecule has 2 aromatic carbocycles. The molecular weight excluding hydrogens is 398 g/mol. The molecule has 0 aliphatic carbocycles. The lowest BCUT2D eigenvalue weighted by molar-refractivity contribution is 0.174. The molecule has 5 rings (SSSR count). The first-order chi connectivity index (χ1) is 14.4. The first-order valence-electron chi connectivity index (χ1n) is 9.88. The third-order valence-electron chi connectivity index (χ3n) is 5.57. The van der Waals surface area contributed by atoms with E-state index in [0.29, 0.717) is 0 Å². The first kappa shape index (κ1) is 18.9. The zero-order valence-electron chi connectivity index (χ0n) is 17.4. The Labute approximate surface area is 179 Å². The van der Waals surface area contributed by atoms with Crippen LogP contribution >= 0.6 is 11.3 Å². The van der Waals surface area contributed by atoms with Gasteiger partial charge in [-0.3, -0.25) is 0 Å². The standard InChI is InChI=1S/C22H23N5O2S/c1-11-5-16(6-12(2)20(11)23)21-17-9-19-18(28-10-29-19)8-15(17)7-13(3)27(26-21)22-25-24-14(4)30-22/h5-6,8-9,13H,7,10,23H2,1-4H3/t13-/m1/s1. The highest BCUT2D eigenvalue weighted by Gasteiger charge is 2.29. The average Bonchev–Trinajstić information content (AvgIpc) is 3.31. The zero-order chi connectivity index (χ0) is 21.0. The summed E-state index contributed by atoms with van der Waals surface area (Å²) in [5, 5.41) is 17.3. The van der Waals surface area contributed by atoms with E-state index >= 15 is 0 Å². The van der Waals surface area contributed by atoms with Crippen molar-refractivity contribution in [1.29, 1.82) is 0 Å². The van der Waals surface area contributed by atoms with Gasteiger partial charge in [0.2, 0.25) is 11.9 Å². The van der Waals surface area contributed by atoms with Crippen LogP contribution in [0.25, 0.3) is 0 Å². The number of anilines is 2. The van der Waals surface area contributed by atoms with Crippen molar-refractivity contribution in [2.45, 2.75) is 40.2 Å². The van der Waals surface area contributed by atoms with Gasteiger partial charge in [-0.25, -0.2) is 5.01 Å². The van der Waals surface area contributed by atoms with Crippen LogP contribution in [0.1, 0.15) is 39.7 Å². The molecule has 0 spiro atoms. The lowest BCUT2D eigenvalue weighted by Crippen LogP contribution is -2.29. The van der Waals surface area contributed by atoms with E-state index in [1.807, 2.05) is 31.8 Å². The Morgan fingerprint density at radius 2 is 1.73 bits per heavy atom. The molecule has 0 radical (unpaired) electrons. The van der Waals surface area contributed by atoms with Crippen LogP contribution in [-0.2, 0) is 6.42 Å². The van der Waals surface area contributed by atoms with E-state index in [-0.39, 0.29) is 12.8 Å². The van der Waals surface area contributed by atoms with Gasteiger partial charge in [0.25, 0.3) is 0 Å². The minimum absolute atomic E-state index is 0.102. The van der Waals surface area contributed by atoms with Crippen LogP contribution in [0.5, 0.6) is 11.5 Å². The molecule has 0 fully saturated rings. The van der Waals surface area contributed by atoms with Gasteiger partial charge in [-0.2, -0.15) is 5.10 Å². The lowest BCUT2D eigenvalue weighted by atomic mass is 9.92. The molecule has 3 aromatic rings. The number of hydrazone groups is 1. The molecule has 0 saturated carbocycles. The fourth-order valence-electron chi connectivity index (χ4n) is 3.97. The summed E-state index contributed by atoms with van der Waals surface area (Å²) in [5.74, 6) is 1.53. The van der Waals surface area contributed by atoms with Gasteiger partial charge in [0.1, 0.15) is 5.01 Å². The van der Waals surface area contributed by atoms with Crippen molar-refractivity contribution in [3.63, 3.8) is 0 Å². The van der Waals surface area contributed by atoms with Crippen molar-refractivity contribution < 1.29 is 9.47 Å². The summed E-state index contributed by atoms with van der Waals surface area (Å²) in [4.78, 5) is 0. The van der Waals surface area contributed by atoms with Crippen molar-refractivity contribution in [3.8, 4) is 11.5 Å². The Hall–Kier alpha value is -3.13. The van der Waals surface area contributed by atoms with E-state index in [2.05, 4.69) is 35.3 Å². The first-order valence-corrected chi connectivity index (χ1v) is 10.7. The Morgan fingerprint density at radius 1 is 1.03 bits per heavy atom. The molecule has 2 aliphatic heterocycles. The van der Waals surface area contributed by atoms with Crippen LogP contribution in [0.4, 0.5) is 10.8 Å². The van der Waals surface area contributed by atoms with Crippen LogP contribution in [0.3, 0.4) is 0 Å². The number of aromatic nitrogens is 2. The molecule has 0 saturated heterocycles.